The third-order valence-corrected chi connectivity index (χ3v) is 6.29. The van der Waals surface area contributed by atoms with Crippen LogP contribution in [-0.2, 0) is 11.4 Å². The Balaban J connectivity index is 1.48. The second-order valence-electron chi connectivity index (χ2n) is 8.20. The summed E-state index contributed by atoms with van der Waals surface area (Å²) >= 11 is 6.28. The van der Waals surface area contributed by atoms with Gasteiger partial charge in [-0.05, 0) is 42.8 Å². The molecule has 8 nitrogen and oxygen atoms in total. The van der Waals surface area contributed by atoms with Crippen LogP contribution < -0.4 is 20.1 Å². The van der Waals surface area contributed by atoms with Gasteiger partial charge in [0.1, 0.15) is 30.5 Å². The fourth-order valence-corrected chi connectivity index (χ4v) is 4.37. The van der Waals surface area contributed by atoms with E-state index in [-0.39, 0.29) is 5.91 Å². The minimum Gasteiger partial charge on any atom is -0.495 e. The van der Waals surface area contributed by atoms with E-state index in [2.05, 4.69) is 20.7 Å². The first-order valence-electron chi connectivity index (χ1n) is 11.3. The number of para-hydroxylation sites is 2. The number of nitrogens with one attached hydrogen (secondary N) is 2. The molecule has 1 aromatic heterocycles. The first-order chi connectivity index (χ1) is 17.5. The number of benzene rings is 3. The van der Waals surface area contributed by atoms with Gasteiger partial charge in [0.25, 0.3) is 5.91 Å². The number of hydrogen-bond acceptors (Lipinski definition) is 6. The molecule has 0 spiro atoms. The highest BCUT2D eigenvalue weighted by molar-refractivity contribution is 6.31. The molecular formula is C27H24ClN5O3. The van der Waals surface area contributed by atoms with E-state index in [4.69, 9.17) is 21.1 Å². The van der Waals surface area contributed by atoms with E-state index < -0.39 is 6.04 Å². The van der Waals surface area contributed by atoms with Gasteiger partial charge in [0.05, 0.1) is 18.4 Å². The van der Waals surface area contributed by atoms with Crippen LogP contribution in [0.4, 0.5) is 11.6 Å². The zero-order valence-electron chi connectivity index (χ0n) is 19.7. The molecule has 1 atom stereocenters. The molecular weight excluding hydrogens is 478 g/mol. The molecule has 182 valence electrons. The number of methoxy groups -OCH3 is 1. The lowest BCUT2D eigenvalue weighted by Gasteiger charge is -2.29. The number of nitrogens with zero attached hydrogens (tertiary/aromatic N) is 3. The molecule has 3 aromatic carbocycles. The highest BCUT2D eigenvalue weighted by Gasteiger charge is 2.34. The molecule has 1 amide bonds. The Kier molecular flexibility index (Phi) is 6.60. The molecule has 0 saturated heterocycles. The highest BCUT2D eigenvalue weighted by Crippen LogP contribution is 2.37. The van der Waals surface area contributed by atoms with Gasteiger partial charge in [0.15, 0.2) is 0 Å². The molecule has 1 unspecified atom stereocenters. The van der Waals surface area contributed by atoms with Crippen molar-refractivity contribution in [2.24, 2.45) is 0 Å². The van der Waals surface area contributed by atoms with Crippen molar-refractivity contribution in [3.05, 3.63) is 107 Å². The number of fused-ring (bicyclic) bond motifs is 1. The van der Waals surface area contributed by atoms with Crippen LogP contribution in [0.25, 0.3) is 0 Å². The van der Waals surface area contributed by atoms with Gasteiger partial charge in [-0.1, -0.05) is 54.1 Å². The molecule has 0 saturated carbocycles. The minimum atomic E-state index is -0.526. The number of amides is 1. The molecule has 2 heterocycles. The quantitative estimate of drug-likeness (QED) is 0.350. The van der Waals surface area contributed by atoms with Crippen molar-refractivity contribution in [1.29, 1.82) is 0 Å². The van der Waals surface area contributed by atoms with Crippen molar-refractivity contribution < 1.29 is 14.3 Å². The van der Waals surface area contributed by atoms with Crippen LogP contribution in [0.2, 0.25) is 5.02 Å². The minimum absolute atomic E-state index is 0.280. The summed E-state index contributed by atoms with van der Waals surface area (Å²) in [5, 5.41) is 11.2. The molecule has 1 aliphatic heterocycles. The number of ether oxygens (including phenoxy) is 2. The summed E-state index contributed by atoms with van der Waals surface area (Å²) < 4.78 is 13.1. The van der Waals surface area contributed by atoms with Crippen molar-refractivity contribution in [3.8, 4) is 11.5 Å². The SMILES string of the molecule is COc1ccccc1NC(=O)C1=C(C)Nc2ncnn2C1c1cccc(OCc2ccccc2Cl)c1. The fraction of sp³-hybridized carbons (Fsp3) is 0.148. The lowest BCUT2D eigenvalue weighted by Crippen LogP contribution is -2.31. The lowest BCUT2D eigenvalue weighted by molar-refractivity contribution is -0.113. The number of rotatable bonds is 7. The number of halogens is 1. The maximum absolute atomic E-state index is 13.6. The van der Waals surface area contributed by atoms with Crippen molar-refractivity contribution in [1.82, 2.24) is 14.8 Å². The number of aromatic nitrogens is 3. The standard InChI is InChI=1S/C27H24ClN5O3/c1-17-24(26(34)32-22-12-5-6-13-23(22)35-2)25(33-27(31-17)29-16-30-33)18-9-7-10-20(14-18)36-15-19-8-3-4-11-21(19)28/h3-14,16,25H,15H2,1-2H3,(H,32,34)(H,29,30,31). The molecule has 0 aliphatic carbocycles. The number of carbonyl (C=O) groups excluding carboxylic acids is 1. The molecule has 2 N–H and O–H groups in total. The zero-order chi connectivity index (χ0) is 25.1. The molecule has 0 radical (unpaired) electrons. The Labute approximate surface area is 213 Å². The van der Waals surface area contributed by atoms with Crippen LogP contribution in [0.1, 0.15) is 24.1 Å². The summed E-state index contributed by atoms with van der Waals surface area (Å²) in [6, 6.07) is 21.9. The van der Waals surface area contributed by atoms with E-state index in [1.807, 2.05) is 67.6 Å². The molecule has 9 heteroatoms. The second kappa shape index (κ2) is 10.1. The second-order valence-corrected chi connectivity index (χ2v) is 8.61. The summed E-state index contributed by atoms with van der Waals surface area (Å²) in [5.41, 5.74) is 3.46. The Hall–Kier alpha value is -4.30. The fourth-order valence-electron chi connectivity index (χ4n) is 4.18. The van der Waals surface area contributed by atoms with Gasteiger partial charge in [-0.25, -0.2) is 4.68 Å². The summed E-state index contributed by atoms with van der Waals surface area (Å²) in [6.07, 6.45) is 1.46. The Morgan fingerprint density at radius 2 is 1.92 bits per heavy atom. The normalized spacial score (nSPS) is 14.6. The Morgan fingerprint density at radius 1 is 1.11 bits per heavy atom. The van der Waals surface area contributed by atoms with Gasteiger partial charge >= 0.3 is 0 Å². The average molecular weight is 502 g/mol. The molecule has 4 aromatic rings. The summed E-state index contributed by atoms with van der Waals surface area (Å²) in [6.45, 7) is 2.17. The van der Waals surface area contributed by atoms with Crippen LogP contribution in [0.3, 0.4) is 0 Å². The van der Waals surface area contributed by atoms with Crippen LogP contribution in [0.5, 0.6) is 11.5 Å². The van der Waals surface area contributed by atoms with E-state index in [1.54, 1.807) is 23.9 Å². The van der Waals surface area contributed by atoms with E-state index >= 15 is 0 Å². The van der Waals surface area contributed by atoms with Crippen molar-refractivity contribution >= 4 is 29.1 Å². The maximum atomic E-state index is 13.6. The Bertz CT molecular complexity index is 1450. The van der Waals surface area contributed by atoms with Crippen molar-refractivity contribution in [3.63, 3.8) is 0 Å². The van der Waals surface area contributed by atoms with E-state index in [0.29, 0.717) is 46.0 Å². The molecule has 5 rings (SSSR count). The van der Waals surface area contributed by atoms with E-state index in [0.717, 1.165) is 11.1 Å². The topological polar surface area (TPSA) is 90.3 Å². The van der Waals surface area contributed by atoms with Gasteiger partial charge in [0.2, 0.25) is 5.95 Å². The summed E-state index contributed by atoms with van der Waals surface area (Å²) in [7, 11) is 1.57. The first kappa shape index (κ1) is 23.4. The first-order valence-corrected chi connectivity index (χ1v) is 11.7. The molecule has 1 aliphatic rings. The summed E-state index contributed by atoms with van der Waals surface area (Å²) in [4.78, 5) is 17.9. The monoisotopic (exact) mass is 501 g/mol. The van der Waals surface area contributed by atoms with Crippen LogP contribution in [0, 0.1) is 0 Å². The van der Waals surface area contributed by atoms with Crippen molar-refractivity contribution in [2.75, 3.05) is 17.7 Å². The Morgan fingerprint density at radius 3 is 2.75 bits per heavy atom. The third-order valence-electron chi connectivity index (χ3n) is 5.92. The number of carbonyl (C=O) groups is 1. The zero-order valence-corrected chi connectivity index (χ0v) is 20.5. The average Bonchev–Trinajstić information content (AvgIpc) is 3.36. The predicted molar refractivity (Wildman–Crippen MR) is 138 cm³/mol. The number of allylic oxidation sites excluding steroid dienone is 1. The van der Waals surface area contributed by atoms with Crippen molar-refractivity contribution in [2.45, 2.75) is 19.6 Å². The van der Waals surface area contributed by atoms with Gasteiger partial charge < -0.3 is 20.1 Å². The van der Waals surface area contributed by atoms with Crippen LogP contribution in [0.15, 0.2) is 90.4 Å². The van der Waals surface area contributed by atoms with Gasteiger partial charge in [-0.15, -0.1) is 0 Å². The summed E-state index contributed by atoms with van der Waals surface area (Å²) in [5.74, 6) is 1.49. The van der Waals surface area contributed by atoms with E-state index in [9.17, 15) is 4.79 Å². The van der Waals surface area contributed by atoms with Crippen LogP contribution >= 0.6 is 11.6 Å². The van der Waals surface area contributed by atoms with Gasteiger partial charge in [-0.2, -0.15) is 10.1 Å². The largest absolute Gasteiger partial charge is 0.495 e. The maximum Gasteiger partial charge on any atom is 0.255 e. The molecule has 0 fully saturated rings. The smallest absolute Gasteiger partial charge is 0.255 e. The van der Waals surface area contributed by atoms with Crippen LogP contribution in [-0.4, -0.2) is 27.8 Å². The van der Waals surface area contributed by atoms with Gasteiger partial charge in [-0.3, -0.25) is 4.79 Å². The molecule has 0 bridgehead atoms. The van der Waals surface area contributed by atoms with E-state index in [1.165, 1.54) is 6.33 Å². The number of hydrogen-bond donors (Lipinski definition) is 2. The third kappa shape index (κ3) is 4.63. The highest BCUT2D eigenvalue weighted by atomic mass is 35.5. The number of anilines is 2. The van der Waals surface area contributed by atoms with Gasteiger partial charge in [0, 0.05) is 16.3 Å². The molecule has 36 heavy (non-hydrogen) atoms. The predicted octanol–water partition coefficient (Wildman–Crippen LogP) is 5.45. The lowest BCUT2D eigenvalue weighted by atomic mass is 9.94.